The predicted octanol–water partition coefficient (Wildman–Crippen LogP) is 3.13. The number of aryl methyl sites for hydroxylation is 1. The number of ether oxygens (including phenoxy) is 1. The second kappa shape index (κ2) is 4.10. The monoisotopic (exact) mass is 276 g/mol. The van der Waals surface area contributed by atoms with E-state index in [2.05, 4.69) is 56.1 Å². The van der Waals surface area contributed by atoms with E-state index in [1.165, 1.54) is 11.1 Å². The highest BCUT2D eigenvalue weighted by atomic mass is 32.1. The molecule has 2 unspecified atom stereocenters. The molecule has 1 saturated heterocycles. The highest BCUT2D eigenvalue weighted by molar-refractivity contribution is 7.80. The third-order valence-electron chi connectivity index (χ3n) is 4.07. The van der Waals surface area contributed by atoms with E-state index in [1.807, 2.05) is 0 Å². The first-order valence-electron chi connectivity index (χ1n) is 6.81. The zero-order valence-electron chi connectivity index (χ0n) is 11.9. The Balaban J connectivity index is 2.11. The molecule has 0 aliphatic carbocycles. The minimum Gasteiger partial charge on any atom is -0.467 e. The number of fused-ring (bicyclic) bond motifs is 4. The average Bonchev–Trinajstić information content (AvgIpc) is 2.29. The molecule has 1 aromatic carbocycles. The summed E-state index contributed by atoms with van der Waals surface area (Å²) >= 11 is 5.53. The first-order chi connectivity index (χ1) is 8.92. The van der Waals surface area contributed by atoms with Crippen molar-refractivity contribution in [3.05, 3.63) is 29.3 Å². The molecule has 2 atom stereocenters. The highest BCUT2D eigenvalue weighted by Crippen LogP contribution is 2.45. The number of nitrogens with zero attached hydrogens (tertiary/aromatic N) is 1. The van der Waals surface area contributed by atoms with Crippen LogP contribution in [0.1, 0.15) is 44.4 Å². The maximum Gasteiger partial charge on any atom is 0.184 e. The molecule has 102 valence electrons. The smallest absolute Gasteiger partial charge is 0.184 e. The van der Waals surface area contributed by atoms with Gasteiger partial charge in [0.2, 0.25) is 0 Å². The van der Waals surface area contributed by atoms with E-state index in [9.17, 15) is 0 Å². The van der Waals surface area contributed by atoms with Crippen molar-refractivity contribution in [2.24, 2.45) is 0 Å². The van der Waals surface area contributed by atoms with E-state index in [1.54, 1.807) is 0 Å². The fourth-order valence-electron chi connectivity index (χ4n) is 3.33. The zero-order valence-corrected chi connectivity index (χ0v) is 12.7. The van der Waals surface area contributed by atoms with Crippen LogP contribution in [0.4, 0.5) is 0 Å². The SMILES string of the molecule is Cc1cccc2c1OC1(C)CC2NC(=S)N1C(C)C. The Morgan fingerprint density at radius 3 is 2.89 bits per heavy atom. The van der Waals surface area contributed by atoms with Gasteiger partial charge >= 0.3 is 0 Å². The van der Waals surface area contributed by atoms with Crippen LogP contribution in [-0.4, -0.2) is 21.8 Å². The van der Waals surface area contributed by atoms with E-state index in [0.29, 0.717) is 6.04 Å². The molecule has 1 aromatic rings. The normalized spacial score (nSPS) is 28.8. The lowest BCUT2D eigenvalue weighted by molar-refractivity contribution is -0.0812. The fourth-order valence-corrected chi connectivity index (χ4v) is 3.88. The fraction of sp³-hybridized carbons (Fsp3) is 0.533. The summed E-state index contributed by atoms with van der Waals surface area (Å²) in [7, 11) is 0. The van der Waals surface area contributed by atoms with Crippen molar-refractivity contribution in [3.63, 3.8) is 0 Å². The largest absolute Gasteiger partial charge is 0.467 e. The van der Waals surface area contributed by atoms with Crippen molar-refractivity contribution in [1.82, 2.24) is 10.2 Å². The summed E-state index contributed by atoms with van der Waals surface area (Å²) in [6.45, 7) is 8.54. The van der Waals surface area contributed by atoms with Crippen LogP contribution in [0.5, 0.6) is 5.75 Å². The van der Waals surface area contributed by atoms with Crippen LogP contribution in [0.2, 0.25) is 0 Å². The van der Waals surface area contributed by atoms with Crippen LogP contribution in [0.15, 0.2) is 18.2 Å². The average molecular weight is 276 g/mol. The van der Waals surface area contributed by atoms with Crippen LogP contribution in [0, 0.1) is 6.92 Å². The van der Waals surface area contributed by atoms with Gasteiger partial charge in [0.15, 0.2) is 10.8 Å². The van der Waals surface area contributed by atoms with Crippen LogP contribution < -0.4 is 10.1 Å². The summed E-state index contributed by atoms with van der Waals surface area (Å²) in [5.41, 5.74) is 2.07. The number of nitrogens with one attached hydrogen (secondary N) is 1. The molecule has 0 amide bonds. The summed E-state index contributed by atoms with van der Waals surface area (Å²) in [5, 5.41) is 4.26. The third-order valence-corrected chi connectivity index (χ3v) is 4.38. The number of benzene rings is 1. The lowest BCUT2D eigenvalue weighted by Gasteiger charge is -2.54. The summed E-state index contributed by atoms with van der Waals surface area (Å²) < 4.78 is 6.36. The Labute approximate surface area is 119 Å². The lowest BCUT2D eigenvalue weighted by atomic mass is 9.89. The van der Waals surface area contributed by atoms with Gasteiger partial charge in [0.05, 0.1) is 6.04 Å². The van der Waals surface area contributed by atoms with E-state index < -0.39 is 0 Å². The number of para-hydroxylation sites is 1. The molecule has 1 fully saturated rings. The Hall–Kier alpha value is -1.29. The Kier molecular flexibility index (Phi) is 2.75. The van der Waals surface area contributed by atoms with Crippen molar-refractivity contribution in [2.75, 3.05) is 0 Å². The molecule has 0 spiro atoms. The van der Waals surface area contributed by atoms with E-state index >= 15 is 0 Å². The van der Waals surface area contributed by atoms with Gasteiger partial charge in [0.1, 0.15) is 5.75 Å². The van der Waals surface area contributed by atoms with Crippen LogP contribution >= 0.6 is 12.2 Å². The molecule has 3 rings (SSSR count). The summed E-state index contributed by atoms with van der Waals surface area (Å²) in [4.78, 5) is 2.17. The minimum atomic E-state index is -0.347. The van der Waals surface area contributed by atoms with Gasteiger partial charge < -0.3 is 15.0 Å². The van der Waals surface area contributed by atoms with Crippen LogP contribution in [-0.2, 0) is 0 Å². The molecule has 2 bridgehead atoms. The van der Waals surface area contributed by atoms with Gasteiger partial charge in [0.25, 0.3) is 0 Å². The molecule has 3 nitrogen and oxygen atoms in total. The topological polar surface area (TPSA) is 24.5 Å². The third kappa shape index (κ3) is 1.81. The van der Waals surface area contributed by atoms with Gasteiger partial charge in [-0.2, -0.15) is 0 Å². The van der Waals surface area contributed by atoms with Crippen molar-refractivity contribution in [2.45, 2.75) is 51.9 Å². The molecule has 2 aliphatic heterocycles. The quantitative estimate of drug-likeness (QED) is 0.797. The maximum atomic E-state index is 6.36. The molecular weight excluding hydrogens is 256 g/mol. The van der Waals surface area contributed by atoms with Crippen molar-refractivity contribution < 1.29 is 4.74 Å². The van der Waals surface area contributed by atoms with Gasteiger partial charge in [-0.05, 0) is 45.5 Å². The number of rotatable bonds is 1. The van der Waals surface area contributed by atoms with Crippen LogP contribution in [0.25, 0.3) is 0 Å². The second-order valence-electron chi connectivity index (χ2n) is 5.94. The highest BCUT2D eigenvalue weighted by Gasteiger charge is 2.48. The number of thiocarbonyl (C=S) groups is 1. The van der Waals surface area contributed by atoms with E-state index in [-0.39, 0.29) is 11.8 Å². The number of hydrogen-bond donors (Lipinski definition) is 1. The van der Waals surface area contributed by atoms with Crippen molar-refractivity contribution in [1.29, 1.82) is 0 Å². The first-order valence-corrected chi connectivity index (χ1v) is 7.21. The maximum absolute atomic E-state index is 6.36. The second-order valence-corrected chi connectivity index (χ2v) is 6.33. The van der Waals surface area contributed by atoms with Gasteiger partial charge in [-0.25, -0.2) is 0 Å². The summed E-state index contributed by atoms with van der Waals surface area (Å²) in [6.07, 6.45) is 0.918. The van der Waals surface area contributed by atoms with E-state index in [0.717, 1.165) is 17.3 Å². The molecule has 2 aliphatic rings. The van der Waals surface area contributed by atoms with Gasteiger partial charge in [-0.3, -0.25) is 0 Å². The van der Waals surface area contributed by atoms with Crippen molar-refractivity contribution >= 4 is 17.3 Å². The molecular formula is C15H20N2OS. The van der Waals surface area contributed by atoms with E-state index in [4.69, 9.17) is 17.0 Å². The molecule has 0 saturated carbocycles. The van der Waals surface area contributed by atoms with Crippen LogP contribution in [0.3, 0.4) is 0 Å². The summed E-state index contributed by atoms with van der Waals surface area (Å²) in [5.74, 6) is 1.02. The molecule has 0 radical (unpaired) electrons. The standard InChI is InChI=1S/C15H20N2OS/c1-9(2)17-14(19)16-12-8-15(17,4)18-13-10(3)6-5-7-11(12)13/h5-7,9,12H,8H2,1-4H3,(H,16,19). The molecule has 4 heteroatoms. The predicted molar refractivity (Wildman–Crippen MR) is 80.3 cm³/mol. The molecule has 1 N–H and O–H groups in total. The summed E-state index contributed by atoms with van der Waals surface area (Å²) in [6, 6.07) is 6.89. The Morgan fingerprint density at radius 1 is 1.47 bits per heavy atom. The minimum absolute atomic E-state index is 0.260. The van der Waals surface area contributed by atoms with Gasteiger partial charge in [-0.15, -0.1) is 0 Å². The molecule has 19 heavy (non-hydrogen) atoms. The first kappa shape index (κ1) is 12.7. The number of hydrogen-bond acceptors (Lipinski definition) is 2. The lowest BCUT2D eigenvalue weighted by Crippen LogP contribution is -2.66. The van der Waals surface area contributed by atoms with Gasteiger partial charge in [-0.1, -0.05) is 18.2 Å². The van der Waals surface area contributed by atoms with Gasteiger partial charge in [0, 0.05) is 18.0 Å². The van der Waals surface area contributed by atoms with Crippen molar-refractivity contribution in [3.8, 4) is 5.75 Å². The Morgan fingerprint density at radius 2 is 2.21 bits per heavy atom. The molecule has 0 aromatic heterocycles. The molecule has 2 heterocycles. The zero-order chi connectivity index (χ0) is 13.8. The Bertz CT molecular complexity index is 543.